The van der Waals surface area contributed by atoms with Crippen LogP contribution in [-0.2, 0) is 16.8 Å². The smallest absolute Gasteiger partial charge is 0.210 e. The van der Waals surface area contributed by atoms with Gasteiger partial charge in [0.1, 0.15) is 12.4 Å². The topological polar surface area (TPSA) is 49.8 Å². The van der Waals surface area contributed by atoms with Crippen molar-refractivity contribution in [1.82, 2.24) is 4.90 Å². The van der Waals surface area contributed by atoms with Gasteiger partial charge in [0.2, 0.25) is 6.41 Å². The maximum Gasteiger partial charge on any atom is 0.210 e. The normalized spacial score (nSPS) is 19.1. The van der Waals surface area contributed by atoms with Crippen molar-refractivity contribution in [3.8, 4) is 5.75 Å². The lowest BCUT2D eigenvalue weighted by molar-refractivity contribution is -0.123. The molecule has 1 amide bonds. The molecule has 2 unspecified atom stereocenters. The van der Waals surface area contributed by atoms with Gasteiger partial charge >= 0.3 is 0 Å². The molecule has 1 heterocycles. The molecule has 2 aromatic rings. The van der Waals surface area contributed by atoms with Gasteiger partial charge in [0.25, 0.3) is 0 Å². The first kappa shape index (κ1) is 24.3. The largest absolute Gasteiger partial charge is 0.489 e. The monoisotopic (exact) mass is 437 g/mol. The molecule has 32 heavy (non-hydrogen) atoms. The number of hydrogen-bond acceptors (Lipinski definition) is 3. The highest BCUT2D eigenvalue weighted by atomic mass is 16.5. The van der Waals surface area contributed by atoms with Crippen LogP contribution in [-0.4, -0.2) is 29.1 Å². The number of carbonyl (C=O) groups excluding carboxylic acids is 1. The number of aliphatic hydroxyl groups excluding tert-OH is 1. The maximum atomic E-state index is 11.7. The van der Waals surface area contributed by atoms with Crippen molar-refractivity contribution in [2.45, 2.75) is 89.9 Å². The van der Waals surface area contributed by atoms with Gasteiger partial charge in [-0.15, -0.1) is 0 Å². The van der Waals surface area contributed by atoms with E-state index in [0.717, 1.165) is 29.7 Å². The lowest BCUT2D eigenvalue weighted by Gasteiger charge is -2.37. The quantitative estimate of drug-likeness (QED) is 0.338. The van der Waals surface area contributed by atoms with Gasteiger partial charge in [-0.2, -0.15) is 0 Å². The second kappa shape index (κ2) is 11.5. The summed E-state index contributed by atoms with van der Waals surface area (Å²) < 4.78 is 6.36. The van der Waals surface area contributed by atoms with E-state index in [2.05, 4.69) is 51.1 Å². The molecule has 1 N–H and O–H groups in total. The van der Waals surface area contributed by atoms with Gasteiger partial charge in [0.15, 0.2) is 0 Å². The third-order valence-corrected chi connectivity index (χ3v) is 6.80. The van der Waals surface area contributed by atoms with Gasteiger partial charge in [-0.3, -0.25) is 4.79 Å². The summed E-state index contributed by atoms with van der Waals surface area (Å²) in [7, 11) is 0. The van der Waals surface area contributed by atoms with E-state index in [0.29, 0.717) is 26.0 Å². The van der Waals surface area contributed by atoms with E-state index in [1.165, 1.54) is 31.2 Å². The Morgan fingerprint density at radius 1 is 1.12 bits per heavy atom. The Hall–Kier alpha value is -2.33. The van der Waals surface area contributed by atoms with Crippen LogP contribution in [0.5, 0.6) is 5.75 Å². The zero-order valence-corrected chi connectivity index (χ0v) is 19.9. The van der Waals surface area contributed by atoms with E-state index >= 15 is 0 Å². The number of benzene rings is 2. The summed E-state index contributed by atoms with van der Waals surface area (Å²) in [4.78, 5) is 13.5. The molecule has 1 aliphatic rings. The Labute approximate surface area is 193 Å². The molecule has 0 bridgehead atoms. The highest BCUT2D eigenvalue weighted by Gasteiger charge is 2.31. The molecule has 4 nitrogen and oxygen atoms in total. The van der Waals surface area contributed by atoms with Crippen LogP contribution in [0.15, 0.2) is 48.5 Å². The standard InChI is InChI=1S/C28H39NO3/c1-4-5-6-10-16-28(2,3)23-13-14-25(26-19-24(31)15-17-29(26)21-30)27(18-23)32-20-22-11-8-7-9-12-22/h7-9,11-14,18,21,24,26,31H,4-6,10,15-17,19-20H2,1-3H3. The van der Waals surface area contributed by atoms with Gasteiger partial charge in [0.05, 0.1) is 12.1 Å². The maximum absolute atomic E-state index is 11.7. The van der Waals surface area contributed by atoms with Crippen LogP contribution in [0.3, 0.4) is 0 Å². The average Bonchev–Trinajstić information content (AvgIpc) is 2.81. The van der Waals surface area contributed by atoms with E-state index in [-0.39, 0.29) is 11.5 Å². The summed E-state index contributed by atoms with van der Waals surface area (Å²) in [6.07, 6.45) is 7.82. The molecule has 0 saturated carbocycles. The van der Waals surface area contributed by atoms with Crippen molar-refractivity contribution in [2.24, 2.45) is 0 Å². The fourth-order valence-corrected chi connectivity index (χ4v) is 4.63. The van der Waals surface area contributed by atoms with E-state index < -0.39 is 6.10 Å². The molecule has 0 aromatic heterocycles. The van der Waals surface area contributed by atoms with Gasteiger partial charge in [0, 0.05) is 12.1 Å². The summed E-state index contributed by atoms with van der Waals surface area (Å²) in [5, 5.41) is 10.3. The zero-order chi connectivity index (χ0) is 23.0. The molecule has 0 spiro atoms. The number of unbranched alkanes of at least 4 members (excludes halogenated alkanes) is 3. The number of nitrogens with zero attached hydrogens (tertiary/aromatic N) is 1. The molecule has 1 saturated heterocycles. The molecular weight excluding hydrogens is 398 g/mol. The molecule has 0 aliphatic carbocycles. The number of hydrogen-bond donors (Lipinski definition) is 1. The first-order valence-electron chi connectivity index (χ1n) is 12.1. The van der Waals surface area contributed by atoms with Crippen molar-refractivity contribution in [3.05, 3.63) is 65.2 Å². The fraction of sp³-hybridized carbons (Fsp3) is 0.536. The van der Waals surface area contributed by atoms with Crippen LogP contribution in [0.1, 0.15) is 88.4 Å². The van der Waals surface area contributed by atoms with Crippen LogP contribution in [0, 0.1) is 0 Å². The molecule has 174 valence electrons. The Bertz CT molecular complexity index is 849. The molecule has 2 aromatic carbocycles. The number of ether oxygens (including phenoxy) is 1. The Morgan fingerprint density at radius 3 is 2.62 bits per heavy atom. The van der Waals surface area contributed by atoms with E-state index in [1.54, 1.807) is 4.90 Å². The lowest BCUT2D eigenvalue weighted by Crippen LogP contribution is -2.38. The minimum Gasteiger partial charge on any atom is -0.489 e. The summed E-state index contributed by atoms with van der Waals surface area (Å²) in [6, 6.07) is 16.5. The first-order chi connectivity index (χ1) is 15.4. The van der Waals surface area contributed by atoms with Crippen molar-refractivity contribution >= 4 is 6.41 Å². The third kappa shape index (κ3) is 6.35. The molecule has 3 rings (SSSR count). The summed E-state index contributed by atoms with van der Waals surface area (Å²) in [5.74, 6) is 0.818. The van der Waals surface area contributed by atoms with E-state index in [9.17, 15) is 9.90 Å². The highest BCUT2D eigenvalue weighted by Crippen LogP contribution is 2.39. The number of carbonyl (C=O) groups is 1. The van der Waals surface area contributed by atoms with Gasteiger partial charge in [-0.25, -0.2) is 0 Å². The van der Waals surface area contributed by atoms with Crippen LogP contribution in [0.4, 0.5) is 0 Å². The fourth-order valence-electron chi connectivity index (χ4n) is 4.63. The van der Waals surface area contributed by atoms with Crippen molar-refractivity contribution in [2.75, 3.05) is 6.54 Å². The number of piperidine rings is 1. The van der Waals surface area contributed by atoms with Crippen molar-refractivity contribution in [1.29, 1.82) is 0 Å². The Kier molecular flexibility index (Phi) is 8.75. The predicted octanol–water partition coefficient (Wildman–Crippen LogP) is 6.17. The van der Waals surface area contributed by atoms with Crippen molar-refractivity contribution in [3.63, 3.8) is 0 Å². The van der Waals surface area contributed by atoms with Crippen LogP contribution in [0.25, 0.3) is 0 Å². The molecule has 1 fully saturated rings. The number of likely N-dealkylation sites (tertiary alicyclic amines) is 1. The van der Waals surface area contributed by atoms with Gasteiger partial charge < -0.3 is 14.7 Å². The van der Waals surface area contributed by atoms with Crippen LogP contribution < -0.4 is 4.74 Å². The first-order valence-corrected chi connectivity index (χ1v) is 12.1. The van der Waals surface area contributed by atoms with E-state index in [1.807, 2.05) is 18.2 Å². The number of rotatable bonds is 11. The molecule has 2 atom stereocenters. The van der Waals surface area contributed by atoms with Gasteiger partial charge in [-0.05, 0) is 41.9 Å². The highest BCUT2D eigenvalue weighted by molar-refractivity contribution is 5.51. The van der Waals surface area contributed by atoms with Crippen LogP contribution in [0.2, 0.25) is 0 Å². The van der Waals surface area contributed by atoms with Crippen molar-refractivity contribution < 1.29 is 14.6 Å². The molecule has 1 aliphatic heterocycles. The average molecular weight is 438 g/mol. The molecule has 0 radical (unpaired) electrons. The number of aliphatic hydroxyl groups is 1. The SMILES string of the molecule is CCCCCCC(C)(C)c1ccc(C2CC(O)CCN2C=O)c(OCc2ccccc2)c1. The molecule has 4 heteroatoms. The van der Waals surface area contributed by atoms with Gasteiger partial charge in [-0.1, -0.05) is 88.9 Å². The van der Waals surface area contributed by atoms with E-state index in [4.69, 9.17) is 4.74 Å². The predicted molar refractivity (Wildman–Crippen MR) is 130 cm³/mol. The second-order valence-corrected chi connectivity index (χ2v) is 9.76. The minimum absolute atomic E-state index is 0.0492. The summed E-state index contributed by atoms with van der Waals surface area (Å²) >= 11 is 0. The minimum atomic E-state index is -0.396. The molecular formula is C28H39NO3. The summed E-state index contributed by atoms with van der Waals surface area (Å²) in [5.41, 5.74) is 3.40. The second-order valence-electron chi connectivity index (χ2n) is 9.76. The summed E-state index contributed by atoms with van der Waals surface area (Å²) in [6.45, 7) is 7.89. The van der Waals surface area contributed by atoms with Crippen LogP contribution >= 0.6 is 0 Å². The Morgan fingerprint density at radius 2 is 1.91 bits per heavy atom. The Balaban J connectivity index is 1.88. The third-order valence-electron chi connectivity index (χ3n) is 6.80. The zero-order valence-electron chi connectivity index (χ0n) is 19.9. The lowest BCUT2D eigenvalue weighted by atomic mass is 9.79. The number of amides is 1.